The molecule has 0 saturated heterocycles. The van der Waals surface area contributed by atoms with Gasteiger partial charge >= 0.3 is 143 Å². The Morgan fingerprint density at radius 2 is 1.74 bits per heavy atom. The van der Waals surface area contributed by atoms with Crippen molar-refractivity contribution in [3.8, 4) is 0 Å². The van der Waals surface area contributed by atoms with Gasteiger partial charge in [-0.1, -0.05) is 0 Å². The van der Waals surface area contributed by atoms with E-state index in [0.29, 0.717) is 21.6 Å². The summed E-state index contributed by atoms with van der Waals surface area (Å²) < 4.78 is 12.0. The van der Waals surface area contributed by atoms with Crippen molar-refractivity contribution in [1.29, 1.82) is 0 Å². The van der Waals surface area contributed by atoms with Crippen molar-refractivity contribution in [2.24, 2.45) is 0 Å². The maximum absolute atomic E-state index is 11.4. The van der Waals surface area contributed by atoms with Gasteiger partial charge < -0.3 is 0 Å². The molecule has 3 nitrogen and oxygen atoms in total. The van der Waals surface area contributed by atoms with E-state index < -0.39 is 0 Å². The van der Waals surface area contributed by atoms with Crippen molar-refractivity contribution < 1.29 is 14.3 Å². The van der Waals surface area contributed by atoms with Gasteiger partial charge in [0, 0.05) is 0 Å². The minimum absolute atomic E-state index is 0.0675. The first-order valence-electron chi connectivity index (χ1n) is 7.51. The molecule has 0 heterocycles. The molecule has 0 aromatic heterocycles. The number of carbonyl (C=O) groups excluding carboxylic acids is 1. The van der Waals surface area contributed by atoms with Gasteiger partial charge in [0.25, 0.3) is 0 Å². The molecule has 2 rings (SSSR count). The molecule has 0 amide bonds. The number of ether oxygens (including phenoxy) is 2. The second kappa shape index (κ2) is 9.88. The predicted octanol–water partition coefficient (Wildman–Crippen LogP) is 3.27. The van der Waals surface area contributed by atoms with Crippen LogP contribution in [0.15, 0.2) is 73.0 Å². The normalized spacial score (nSPS) is 12.0. The van der Waals surface area contributed by atoms with E-state index in [-0.39, 0.29) is 12.1 Å². The van der Waals surface area contributed by atoms with Crippen LogP contribution in [0.25, 0.3) is 0 Å². The Kier molecular flexibility index (Phi) is 7.44. The van der Waals surface area contributed by atoms with E-state index in [9.17, 15) is 4.79 Å². The molecule has 0 saturated carbocycles. The summed E-state index contributed by atoms with van der Waals surface area (Å²) in [6.07, 6.45) is 2.70. The Balaban J connectivity index is 1.99. The fourth-order valence-electron chi connectivity index (χ4n) is 1.95. The molecular formula is C19H20O3Se. The summed E-state index contributed by atoms with van der Waals surface area (Å²) in [5, 5.41) is 0.897. The summed E-state index contributed by atoms with van der Waals surface area (Å²) in [7, 11) is 0. The van der Waals surface area contributed by atoms with E-state index in [2.05, 4.69) is 24.3 Å². The minimum atomic E-state index is -0.382. The van der Waals surface area contributed by atoms with E-state index in [1.165, 1.54) is 16.8 Å². The number of hydrogen-bond donors (Lipinski definition) is 0. The first kappa shape index (κ1) is 17.3. The van der Waals surface area contributed by atoms with E-state index in [0.717, 1.165) is 10.9 Å². The van der Waals surface area contributed by atoms with Crippen LogP contribution in [0.2, 0.25) is 5.32 Å². The molecule has 0 aliphatic heterocycles. The van der Waals surface area contributed by atoms with Crippen molar-refractivity contribution >= 4 is 25.4 Å². The number of benzene rings is 2. The molecule has 1 atom stereocenters. The molecule has 0 N–H and O–H groups in total. The van der Waals surface area contributed by atoms with Crippen LogP contribution in [0.1, 0.15) is 18.6 Å². The fourth-order valence-corrected chi connectivity index (χ4v) is 3.97. The number of rotatable bonds is 8. The zero-order valence-electron chi connectivity index (χ0n) is 13.1. The van der Waals surface area contributed by atoms with Crippen molar-refractivity contribution in [2.45, 2.75) is 18.3 Å². The summed E-state index contributed by atoms with van der Waals surface area (Å²) in [5.41, 5.74) is 1.11. The van der Waals surface area contributed by atoms with Gasteiger partial charge in [0.05, 0.1) is 0 Å². The van der Waals surface area contributed by atoms with Gasteiger partial charge in [0.15, 0.2) is 0 Å². The molecule has 4 heteroatoms. The van der Waals surface area contributed by atoms with Crippen molar-refractivity contribution in [3.05, 3.63) is 78.6 Å². The Morgan fingerprint density at radius 1 is 1.09 bits per heavy atom. The molecule has 2 aromatic carbocycles. The molecule has 23 heavy (non-hydrogen) atoms. The van der Waals surface area contributed by atoms with Gasteiger partial charge in [-0.3, -0.25) is 0 Å². The van der Waals surface area contributed by atoms with Crippen LogP contribution in [0, 0.1) is 0 Å². The van der Waals surface area contributed by atoms with Gasteiger partial charge in [-0.05, 0) is 0 Å². The first-order chi connectivity index (χ1) is 11.3. The summed E-state index contributed by atoms with van der Waals surface area (Å²) in [4.78, 5) is 11.4. The van der Waals surface area contributed by atoms with E-state index in [4.69, 9.17) is 9.47 Å². The summed E-state index contributed by atoms with van der Waals surface area (Å²) in [6.45, 7) is 2.14. The fraction of sp³-hybridized carbons (Fsp3) is 0.211. The number of hydrogen-bond acceptors (Lipinski definition) is 3. The SMILES string of the molecule is CCOC(=O)/C=C/OC(C[Se]c1ccccc1)c1ccccc1. The van der Waals surface area contributed by atoms with Crippen LogP contribution in [0.3, 0.4) is 0 Å². The summed E-state index contributed by atoms with van der Waals surface area (Å²) >= 11 is 0.305. The third-order valence-corrected chi connectivity index (χ3v) is 5.30. The standard InChI is InChI=1S/C19H20O3Se/c1-2-21-19(20)13-14-22-18(16-9-5-3-6-10-16)15-23-17-11-7-4-8-12-17/h3-14,18H,2,15H2,1H3/b14-13+. The zero-order chi connectivity index (χ0) is 16.3. The van der Waals surface area contributed by atoms with Crippen LogP contribution in [-0.4, -0.2) is 27.5 Å². The molecule has 0 aliphatic carbocycles. The average molecular weight is 375 g/mol. The Labute approximate surface area is 143 Å². The molecule has 0 radical (unpaired) electrons. The number of esters is 1. The molecule has 0 bridgehead atoms. The molecule has 0 aliphatic rings. The van der Waals surface area contributed by atoms with E-state index in [1.54, 1.807) is 6.92 Å². The van der Waals surface area contributed by atoms with Gasteiger partial charge in [-0.25, -0.2) is 0 Å². The molecule has 0 spiro atoms. The Bertz CT molecular complexity index is 611. The van der Waals surface area contributed by atoms with Gasteiger partial charge in [-0.15, -0.1) is 0 Å². The van der Waals surface area contributed by atoms with Gasteiger partial charge in [-0.2, -0.15) is 0 Å². The zero-order valence-corrected chi connectivity index (χ0v) is 14.8. The molecule has 0 fully saturated rings. The maximum atomic E-state index is 11.4. The van der Waals surface area contributed by atoms with E-state index >= 15 is 0 Å². The van der Waals surface area contributed by atoms with Gasteiger partial charge in [0.2, 0.25) is 0 Å². The molecule has 1 unspecified atom stereocenters. The topological polar surface area (TPSA) is 35.5 Å². The third kappa shape index (κ3) is 6.31. The second-order valence-electron chi connectivity index (χ2n) is 4.71. The van der Waals surface area contributed by atoms with Crippen LogP contribution < -0.4 is 4.46 Å². The summed E-state index contributed by atoms with van der Waals surface area (Å²) in [5.74, 6) is -0.382. The van der Waals surface area contributed by atoms with Crippen LogP contribution in [0.4, 0.5) is 0 Å². The van der Waals surface area contributed by atoms with Crippen molar-refractivity contribution in [2.75, 3.05) is 6.61 Å². The third-order valence-electron chi connectivity index (χ3n) is 3.05. The average Bonchev–Trinajstić information content (AvgIpc) is 2.60. The monoisotopic (exact) mass is 376 g/mol. The Hall–Kier alpha value is -2.03. The van der Waals surface area contributed by atoms with Crippen molar-refractivity contribution in [3.63, 3.8) is 0 Å². The van der Waals surface area contributed by atoms with Crippen molar-refractivity contribution in [1.82, 2.24) is 0 Å². The molecule has 2 aromatic rings. The molecule has 120 valence electrons. The van der Waals surface area contributed by atoms with Crippen LogP contribution in [-0.2, 0) is 14.3 Å². The van der Waals surface area contributed by atoms with E-state index in [1.807, 2.05) is 36.4 Å². The van der Waals surface area contributed by atoms with Crippen LogP contribution in [0.5, 0.6) is 0 Å². The van der Waals surface area contributed by atoms with Gasteiger partial charge in [0.1, 0.15) is 0 Å². The molecular weight excluding hydrogens is 355 g/mol. The number of carbonyl (C=O) groups is 1. The Morgan fingerprint density at radius 3 is 2.39 bits per heavy atom. The summed E-state index contributed by atoms with van der Waals surface area (Å²) in [6, 6.07) is 20.5. The van der Waals surface area contributed by atoms with Crippen LogP contribution >= 0.6 is 0 Å². The predicted molar refractivity (Wildman–Crippen MR) is 92.7 cm³/mol. The second-order valence-corrected chi connectivity index (χ2v) is 7.01. The quantitative estimate of drug-likeness (QED) is 0.308. The first-order valence-corrected chi connectivity index (χ1v) is 9.58.